The second-order valence-corrected chi connectivity index (χ2v) is 7.85. The number of benzene rings is 2. The van der Waals surface area contributed by atoms with Crippen molar-refractivity contribution >= 4 is 11.8 Å². The summed E-state index contributed by atoms with van der Waals surface area (Å²) in [5.41, 5.74) is 3.56. The van der Waals surface area contributed by atoms with E-state index in [-0.39, 0.29) is 24.2 Å². The topological polar surface area (TPSA) is 43.9 Å². The van der Waals surface area contributed by atoms with Gasteiger partial charge in [-0.15, -0.1) is 0 Å². The minimum absolute atomic E-state index is 0.0546. The van der Waals surface area contributed by atoms with Crippen LogP contribution in [0.5, 0.6) is 0 Å². The summed E-state index contributed by atoms with van der Waals surface area (Å²) in [6, 6.07) is 18.3. The van der Waals surface area contributed by atoms with E-state index in [1.54, 1.807) is 0 Å². The van der Waals surface area contributed by atoms with Crippen molar-refractivity contribution in [1.29, 1.82) is 0 Å². The largest absolute Gasteiger partial charge is 0.297 e. The highest BCUT2D eigenvalue weighted by molar-refractivity contribution is 6.06. The number of amides is 2. The van der Waals surface area contributed by atoms with Gasteiger partial charge in [-0.25, -0.2) is 0 Å². The lowest BCUT2D eigenvalue weighted by Crippen LogP contribution is -2.50. The van der Waals surface area contributed by atoms with Crippen molar-refractivity contribution in [2.75, 3.05) is 32.8 Å². The quantitative estimate of drug-likeness (QED) is 0.752. The van der Waals surface area contributed by atoms with Crippen molar-refractivity contribution < 1.29 is 9.59 Å². The van der Waals surface area contributed by atoms with E-state index >= 15 is 0 Å². The Kier molecular flexibility index (Phi) is 5.55. The van der Waals surface area contributed by atoms with E-state index < -0.39 is 0 Å². The van der Waals surface area contributed by atoms with Gasteiger partial charge in [-0.2, -0.15) is 0 Å². The fourth-order valence-electron chi connectivity index (χ4n) is 4.13. The molecule has 4 rings (SSSR count). The predicted molar refractivity (Wildman–Crippen MR) is 109 cm³/mol. The average molecular weight is 377 g/mol. The second kappa shape index (κ2) is 8.25. The number of carbonyl (C=O) groups is 2. The molecule has 146 valence electrons. The summed E-state index contributed by atoms with van der Waals surface area (Å²) in [6.07, 6.45) is 0.288. The molecule has 0 spiro atoms. The zero-order valence-electron chi connectivity index (χ0n) is 16.4. The summed E-state index contributed by atoms with van der Waals surface area (Å²) in [7, 11) is 0. The fourth-order valence-corrected chi connectivity index (χ4v) is 4.13. The van der Waals surface area contributed by atoms with Crippen molar-refractivity contribution in [2.24, 2.45) is 0 Å². The highest BCUT2D eigenvalue weighted by Crippen LogP contribution is 2.29. The molecule has 2 aliphatic rings. The third-order valence-corrected chi connectivity index (χ3v) is 5.74. The van der Waals surface area contributed by atoms with Crippen LogP contribution in [0.25, 0.3) is 0 Å². The molecule has 0 aliphatic carbocycles. The van der Waals surface area contributed by atoms with Crippen molar-refractivity contribution in [3.8, 4) is 0 Å². The monoisotopic (exact) mass is 377 g/mol. The van der Waals surface area contributed by atoms with E-state index in [2.05, 4.69) is 41.0 Å². The van der Waals surface area contributed by atoms with Gasteiger partial charge >= 0.3 is 0 Å². The molecule has 0 saturated carbocycles. The van der Waals surface area contributed by atoms with Crippen LogP contribution in [0, 0.1) is 6.92 Å². The SMILES string of the molecule is Cc1cccc(CN2CCN(CN3C(=O)C[C@@H](c4ccccc4)C3=O)CC2)c1. The molecule has 2 heterocycles. The van der Waals surface area contributed by atoms with E-state index in [1.165, 1.54) is 16.0 Å². The van der Waals surface area contributed by atoms with Gasteiger partial charge in [-0.3, -0.25) is 24.3 Å². The molecule has 28 heavy (non-hydrogen) atoms. The zero-order chi connectivity index (χ0) is 19.5. The predicted octanol–water partition coefficient (Wildman–Crippen LogP) is 2.61. The summed E-state index contributed by atoms with van der Waals surface area (Å²) in [5, 5.41) is 0. The minimum atomic E-state index is -0.323. The number of likely N-dealkylation sites (tertiary alicyclic amines) is 1. The molecule has 0 N–H and O–H groups in total. The molecule has 5 heteroatoms. The first-order valence-corrected chi connectivity index (χ1v) is 9.99. The molecule has 2 fully saturated rings. The Morgan fingerprint density at radius 1 is 0.893 bits per heavy atom. The van der Waals surface area contributed by atoms with Gasteiger partial charge < -0.3 is 0 Å². The molecule has 0 aromatic heterocycles. The number of piperazine rings is 1. The Labute approximate surface area is 166 Å². The maximum Gasteiger partial charge on any atom is 0.238 e. The Morgan fingerprint density at radius 2 is 1.61 bits per heavy atom. The van der Waals surface area contributed by atoms with Crippen LogP contribution in [0.15, 0.2) is 54.6 Å². The van der Waals surface area contributed by atoms with Crippen molar-refractivity contribution in [2.45, 2.75) is 25.8 Å². The van der Waals surface area contributed by atoms with Gasteiger partial charge in [0.1, 0.15) is 0 Å². The molecule has 2 aromatic carbocycles. The summed E-state index contributed by atoms with van der Waals surface area (Å²) in [6.45, 7) is 7.14. The summed E-state index contributed by atoms with van der Waals surface area (Å²) in [4.78, 5) is 31.3. The lowest BCUT2D eigenvalue weighted by Gasteiger charge is -2.36. The third kappa shape index (κ3) is 4.16. The molecular weight excluding hydrogens is 350 g/mol. The molecule has 0 unspecified atom stereocenters. The normalized spacial score (nSPS) is 21.5. The molecule has 0 bridgehead atoms. The Bertz CT molecular complexity index is 844. The van der Waals surface area contributed by atoms with Crippen molar-refractivity contribution in [3.63, 3.8) is 0 Å². The molecule has 2 amide bonds. The molecule has 5 nitrogen and oxygen atoms in total. The van der Waals surface area contributed by atoms with E-state index in [9.17, 15) is 9.59 Å². The first kappa shape index (κ1) is 18.8. The second-order valence-electron chi connectivity index (χ2n) is 7.85. The summed E-state index contributed by atoms with van der Waals surface area (Å²) in [5.74, 6) is -0.434. The van der Waals surface area contributed by atoms with Gasteiger partial charge in [0, 0.05) is 39.1 Å². The van der Waals surface area contributed by atoms with Crippen LogP contribution < -0.4 is 0 Å². The van der Waals surface area contributed by atoms with Crippen LogP contribution in [-0.2, 0) is 16.1 Å². The highest BCUT2D eigenvalue weighted by atomic mass is 16.2. The van der Waals surface area contributed by atoms with Crippen LogP contribution in [0.4, 0.5) is 0 Å². The number of rotatable bonds is 5. The number of nitrogens with zero attached hydrogens (tertiary/aromatic N) is 3. The molecular formula is C23H27N3O2. The van der Waals surface area contributed by atoms with Crippen LogP contribution in [0.2, 0.25) is 0 Å². The van der Waals surface area contributed by atoms with Crippen LogP contribution in [0.3, 0.4) is 0 Å². The van der Waals surface area contributed by atoms with Crippen molar-refractivity contribution in [1.82, 2.24) is 14.7 Å². The molecule has 0 radical (unpaired) electrons. The minimum Gasteiger partial charge on any atom is -0.297 e. The number of imide groups is 1. The van der Waals surface area contributed by atoms with Crippen LogP contribution in [0.1, 0.15) is 29.0 Å². The number of hydrogen-bond donors (Lipinski definition) is 0. The first-order valence-electron chi connectivity index (χ1n) is 9.99. The van der Waals surface area contributed by atoms with Crippen LogP contribution in [-0.4, -0.2) is 59.4 Å². The molecule has 2 aromatic rings. The maximum absolute atomic E-state index is 12.8. The van der Waals surface area contributed by atoms with E-state index in [0.29, 0.717) is 6.67 Å². The van der Waals surface area contributed by atoms with Gasteiger partial charge in [0.15, 0.2) is 0 Å². The number of hydrogen-bond acceptors (Lipinski definition) is 4. The Morgan fingerprint density at radius 3 is 2.32 bits per heavy atom. The van der Waals surface area contributed by atoms with Crippen LogP contribution >= 0.6 is 0 Å². The van der Waals surface area contributed by atoms with Gasteiger partial charge in [0.05, 0.1) is 12.6 Å². The van der Waals surface area contributed by atoms with Crippen molar-refractivity contribution in [3.05, 3.63) is 71.3 Å². The van der Waals surface area contributed by atoms with E-state index in [4.69, 9.17) is 0 Å². The van der Waals surface area contributed by atoms with E-state index in [1.807, 2.05) is 30.3 Å². The third-order valence-electron chi connectivity index (χ3n) is 5.74. The fraction of sp³-hybridized carbons (Fsp3) is 0.391. The zero-order valence-corrected chi connectivity index (χ0v) is 16.4. The number of aryl methyl sites for hydroxylation is 1. The number of carbonyl (C=O) groups excluding carboxylic acids is 2. The Balaban J connectivity index is 1.31. The molecule has 2 aliphatic heterocycles. The molecule has 1 atom stereocenters. The summed E-state index contributed by atoms with van der Waals surface area (Å²) < 4.78 is 0. The van der Waals surface area contributed by atoms with E-state index in [0.717, 1.165) is 38.3 Å². The van der Waals surface area contributed by atoms with Gasteiger partial charge in [0.25, 0.3) is 0 Å². The van der Waals surface area contributed by atoms with Gasteiger partial charge in [-0.1, -0.05) is 60.2 Å². The average Bonchev–Trinajstić information content (AvgIpc) is 2.98. The lowest BCUT2D eigenvalue weighted by atomic mass is 9.98. The van der Waals surface area contributed by atoms with Gasteiger partial charge in [0.2, 0.25) is 11.8 Å². The molecule has 2 saturated heterocycles. The first-order chi connectivity index (χ1) is 13.6. The maximum atomic E-state index is 12.8. The smallest absolute Gasteiger partial charge is 0.238 e. The standard InChI is InChI=1S/C23H27N3O2/c1-18-6-5-7-19(14-18)16-24-10-12-25(13-11-24)17-26-22(27)15-21(23(26)28)20-8-3-2-4-9-20/h2-9,14,21H,10-13,15-17H2,1H3/t21-/m0/s1. The summed E-state index contributed by atoms with van der Waals surface area (Å²) >= 11 is 0. The highest BCUT2D eigenvalue weighted by Gasteiger charge is 2.40. The Hall–Kier alpha value is -2.50. The lowest BCUT2D eigenvalue weighted by molar-refractivity contribution is -0.141. The van der Waals surface area contributed by atoms with Gasteiger partial charge in [-0.05, 0) is 18.1 Å².